The molecule has 1 amide bonds. The summed E-state index contributed by atoms with van der Waals surface area (Å²) in [5, 5.41) is 7.26. The summed E-state index contributed by atoms with van der Waals surface area (Å²) >= 11 is 5.12. The molecule has 0 radical (unpaired) electrons. The SMILES string of the molecule is O=C(Cn1nc(COc2ccccc2)oc1=S)NC1CCCCC1. The second-order valence-electron chi connectivity index (χ2n) is 5.92. The third-order valence-electron chi connectivity index (χ3n) is 4.02. The Bertz CT molecular complexity index is 720. The van der Waals surface area contributed by atoms with Crippen molar-refractivity contribution in [3.05, 3.63) is 41.1 Å². The van der Waals surface area contributed by atoms with Crippen LogP contribution in [0.15, 0.2) is 34.7 Å². The molecule has 0 saturated heterocycles. The quantitative estimate of drug-likeness (QED) is 0.813. The van der Waals surface area contributed by atoms with E-state index >= 15 is 0 Å². The van der Waals surface area contributed by atoms with Crippen molar-refractivity contribution >= 4 is 18.1 Å². The number of para-hydroxylation sites is 1. The van der Waals surface area contributed by atoms with Gasteiger partial charge in [-0.25, -0.2) is 4.68 Å². The fraction of sp³-hybridized carbons (Fsp3) is 0.471. The van der Waals surface area contributed by atoms with E-state index in [2.05, 4.69) is 10.4 Å². The molecular formula is C17H21N3O3S. The summed E-state index contributed by atoms with van der Waals surface area (Å²) in [7, 11) is 0. The summed E-state index contributed by atoms with van der Waals surface area (Å²) in [6.07, 6.45) is 5.70. The van der Waals surface area contributed by atoms with Crippen LogP contribution in [-0.2, 0) is 17.9 Å². The molecule has 0 bridgehead atoms. The molecule has 24 heavy (non-hydrogen) atoms. The van der Waals surface area contributed by atoms with E-state index in [-0.39, 0.29) is 29.9 Å². The normalized spacial score (nSPS) is 15.2. The predicted molar refractivity (Wildman–Crippen MR) is 91.1 cm³/mol. The minimum atomic E-state index is -0.0816. The van der Waals surface area contributed by atoms with Gasteiger partial charge in [-0.1, -0.05) is 37.5 Å². The monoisotopic (exact) mass is 347 g/mol. The van der Waals surface area contributed by atoms with Gasteiger partial charge in [0, 0.05) is 6.04 Å². The van der Waals surface area contributed by atoms with E-state index in [1.54, 1.807) is 0 Å². The van der Waals surface area contributed by atoms with E-state index in [0.29, 0.717) is 5.89 Å². The summed E-state index contributed by atoms with van der Waals surface area (Å²) < 4.78 is 12.4. The average molecular weight is 347 g/mol. The number of ether oxygens (including phenoxy) is 1. The van der Waals surface area contributed by atoms with Crippen molar-refractivity contribution in [2.24, 2.45) is 0 Å². The smallest absolute Gasteiger partial charge is 0.287 e. The van der Waals surface area contributed by atoms with Crippen LogP contribution in [0.25, 0.3) is 0 Å². The molecule has 0 aliphatic heterocycles. The highest BCUT2D eigenvalue weighted by atomic mass is 32.1. The van der Waals surface area contributed by atoms with Crippen LogP contribution < -0.4 is 10.1 Å². The first-order valence-electron chi connectivity index (χ1n) is 8.25. The standard InChI is InChI=1S/C17H21N3O3S/c21-15(18-13-7-3-1-4-8-13)11-20-17(24)23-16(19-20)12-22-14-9-5-2-6-10-14/h2,5-6,9-10,13H,1,3-4,7-8,11-12H2,(H,18,21). The van der Waals surface area contributed by atoms with Crippen LogP contribution in [0.5, 0.6) is 5.75 Å². The minimum absolute atomic E-state index is 0.0736. The zero-order valence-corrected chi connectivity index (χ0v) is 14.3. The lowest BCUT2D eigenvalue weighted by atomic mass is 9.95. The number of carbonyl (C=O) groups excluding carboxylic acids is 1. The van der Waals surface area contributed by atoms with Gasteiger partial charge in [0.1, 0.15) is 12.3 Å². The van der Waals surface area contributed by atoms with Crippen LogP contribution in [-0.4, -0.2) is 21.7 Å². The summed E-state index contributed by atoms with van der Waals surface area (Å²) in [5.41, 5.74) is 0. The van der Waals surface area contributed by atoms with Crippen molar-refractivity contribution in [1.29, 1.82) is 0 Å². The maximum absolute atomic E-state index is 12.1. The van der Waals surface area contributed by atoms with Gasteiger partial charge in [-0.2, -0.15) is 0 Å². The number of nitrogens with one attached hydrogen (secondary N) is 1. The van der Waals surface area contributed by atoms with E-state index in [1.807, 2.05) is 30.3 Å². The van der Waals surface area contributed by atoms with Gasteiger partial charge in [-0.15, -0.1) is 5.10 Å². The Morgan fingerprint density at radius 3 is 2.79 bits per heavy atom. The van der Waals surface area contributed by atoms with Crippen molar-refractivity contribution in [3.63, 3.8) is 0 Å². The van der Waals surface area contributed by atoms with Crippen LogP contribution in [0.2, 0.25) is 0 Å². The number of amides is 1. The maximum Gasteiger partial charge on any atom is 0.287 e. The Kier molecular flexibility index (Phi) is 5.63. The topological polar surface area (TPSA) is 69.3 Å². The molecule has 1 heterocycles. The van der Waals surface area contributed by atoms with Crippen molar-refractivity contribution in [2.75, 3.05) is 0 Å². The van der Waals surface area contributed by atoms with Crippen LogP contribution in [0.3, 0.4) is 0 Å². The molecule has 7 heteroatoms. The maximum atomic E-state index is 12.1. The molecule has 1 aromatic heterocycles. The molecule has 0 spiro atoms. The lowest BCUT2D eigenvalue weighted by molar-refractivity contribution is -0.122. The number of carbonyl (C=O) groups is 1. The second kappa shape index (κ2) is 8.10. The van der Waals surface area contributed by atoms with Crippen LogP contribution >= 0.6 is 12.2 Å². The van der Waals surface area contributed by atoms with Crippen molar-refractivity contribution < 1.29 is 13.9 Å². The number of hydrogen-bond donors (Lipinski definition) is 1. The van der Waals surface area contributed by atoms with Crippen molar-refractivity contribution in [2.45, 2.75) is 51.3 Å². The number of nitrogens with zero attached hydrogens (tertiary/aromatic N) is 2. The summed E-state index contributed by atoms with van der Waals surface area (Å²) in [6, 6.07) is 9.66. The molecule has 1 saturated carbocycles. The van der Waals surface area contributed by atoms with Crippen LogP contribution in [0.4, 0.5) is 0 Å². The summed E-state index contributed by atoms with van der Waals surface area (Å²) in [6.45, 7) is 0.245. The average Bonchev–Trinajstić information content (AvgIpc) is 2.94. The molecule has 2 aromatic rings. The Labute approximate surface area is 145 Å². The second-order valence-corrected chi connectivity index (χ2v) is 6.27. The van der Waals surface area contributed by atoms with E-state index in [0.717, 1.165) is 18.6 Å². The first-order valence-corrected chi connectivity index (χ1v) is 8.65. The van der Waals surface area contributed by atoms with E-state index in [4.69, 9.17) is 21.4 Å². The lowest BCUT2D eigenvalue weighted by Crippen LogP contribution is -2.38. The van der Waals surface area contributed by atoms with Gasteiger partial charge in [-0.3, -0.25) is 4.79 Å². The molecule has 0 unspecified atom stereocenters. The van der Waals surface area contributed by atoms with Crippen molar-refractivity contribution in [3.8, 4) is 5.75 Å². The molecular weight excluding hydrogens is 326 g/mol. The minimum Gasteiger partial charge on any atom is -0.484 e. The molecule has 3 rings (SSSR count). The molecule has 1 aliphatic carbocycles. The fourth-order valence-electron chi connectivity index (χ4n) is 2.83. The van der Waals surface area contributed by atoms with E-state index in [9.17, 15) is 4.79 Å². The Hall–Kier alpha value is -2.15. The van der Waals surface area contributed by atoms with E-state index in [1.165, 1.54) is 23.9 Å². The highest BCUT2D eigenvalue weighted by molar-refractivity contribution is 7.71. The molecule has 0 atom stereocenters. The largest absolute Gasteiger partial charge is 0.484 e. The van der Waals surface area contributed by atoms with Crippen LogP contribution in [0, 0.1) is 4.84 Å². The highest BCUT2D eigenvalue weighted by Gasteiger charge is 2.17. The molecule has 1 N–H and O–H groups in total. The van der Waals surface area contributed by atoms with Gasteiger partial charge < -0.3 is 14.5 Å². The number of rotatable bonds is 6. The van der Waals surface area contributed by atoms with Gasteiger partial charge in [0.15, 0.2) is 6.61 Å². The van der Waals surface area contributed by atoms with Crippen molar-refractivity contribution in [1.82, 2.24) is 15.1 Å². The Morgan fingerprint density at radius 1 is 1.29 bits per heavy atom. The van der Waals surface area contributed by atoms with Gasteiger partial charge >= 0.3 is 0 Å². The van der Waals surface area contributed by atoms with Crippen LogP contribution in [0.1, 0.15) is 38.0 Å². The third-order valence-corrected chi connectivity index (χ3v) is 4.31. The fourth-order valence-corrected chi connectivity index (χ4v) is 3.03. The molecule has 1 fully saturated rings. The Balaban J connectivity index is 1.53. The zero-order valence-electron chi connectivity index (χ0n) is 13.4. The summed E-state index contributed by atoms with van der Waals surface area (Å²) in [5.74, 6) is 0.999. The van der Waals surface area contributed by atoms with Gasteiger partial charge in [0.25, 0.3) is 10.7 Å². The lowest BCUT2D eigenvalue weighted by Gasteiger charge is -2.22. The summed E-state index contributed by atoms with van der Waals surface area (Å²) in [4.78, 5) is 12.3. The highest BCUT2D eigenvalue weighted by Crippen LogP contribution is 2.17. The zero-order chi connectivity index (χ0) is 16.8. The Morgan fingerprint density at radius 2 is 2.04 bits per heavy atom. The molecule has 1 aromatic carbocycles. The molecule has 1 aliphatic rings. The molecule has 128 valence electrons. The van der Waals surface area contributed by atoms with E-state index < -0.39 is 0 Å². The first-order chi connectivity index (χ1) is 11.7. The van der Waals surface area contributed by atoms with Gasteiger partial charge in [-0.05, 0) is 37.2 Å². The number of aromatic nitrogens is 2. The first kappa shape index (κ1) is 16.7. The third kappa shape index (κ3) is 4.67. The number of benzene rings is 1. The molecule has 6 nitrogen and oxygen atoms in total. The predicted octanol–water partition coefficient (Wildman–Crippen LogP) is 3.23. The van der Waals surface area contributed by atoms with Gasteiger partial charge in [0.05, 0.1) is 0 Å². The number of hydrogen-bond acceptors (Lipinski definition) is 5. The van der Waals surface area contributed by atoms with Gasteiger partial charge in [0.2, 0.25) is 5.91 Å².